The molecule has 1 saturated heterocycles. The van der Waals surface area contributed by atoms with E-state index in [9.17, 15) is 9.00 Å². The Balaban J connectivity index is 1.64. The normalized spacial score (nSPS) is 15.8. The van der Waals surface area contributed by atoms with Crippen molar-refractivity contribution in [3.63, 3.8) is 0 Å². The van der Waals surface area contributed by atoms with Crippen LogP contribution < -0.4 is 10.2 Å². The van der Waals surface area contributed by atoms with Crippen LogP contribution in [0.1, 0.15) is 29.6 Å². The Hall–Kier alpha value is -2.14. The fourth-order valence-electron chi connectivity index (χ4n) is 2.91. The molecule has 1 amide bonds. The molecule has 1 N–H and O–H groups in total. The summed E-state index contributed by atoms with van der Waals surface area (Å²) in [4.78, 5) is 15.4. The summed E-state index contributed by atoms with van der Waals surface area (Å²) >= 11 is 0. The summed E-state index contributed by atoms with van der Waals surface area (Å²) in [6, 6.07) is 14.9. The van der Waals surface area contributed by atoms with Crippen LogP contribution in [0.4, 0.5) is 11.4 Å². The van der Waals surface area contributed by atoms with Crippen LogP contribution in [0.15, 0.2) is 53.4 Å². The molecule has 1 atom stereocenters. The zero-order valence-corrected chi connectivity index (χ0v) is 14.6. The molecule has 126 valence electrons. The fourth-order valence-corrected chi connectivity index (χ4v) is 3.43. The molecule has 5 heteroatoms. The van der Waals surface area contributed by atoms with E-state index in [2.05, 4.69) is 22.3 Å². The van der Waals surface area contributed by atoms with Crippen LogP contribution in [0.5, 0.6) is 0 Å². The highest BCUT2D eigenvalue weighted by molar-refractivity contribution is 7.84. The summed E-state index contributed by atoms with van der Waals surface area (Å²) in [5.41, 5.74) is 2.55. The van der Waals surface area contributed by atoms with Crippen LogP contribution in [0.2, 0.25) is 0 Å². The number of anilines is 2. The van der Waals surface area contributed by atoms with E-state index in [0.29, 0.717) is 5.56 Å². The highest BCUT2D eigenvalue weighted by atomic mass is 32.2. The quantitative estimate of drug-likeness (QED) is 0.922. The van der Waals surface area contributed by atoms with Gasteiger partial charge in [-0.2, -0.15) is 0 Å². The topological polar surface area (TPSA) is 49.4 Å². The standard InChI is InChI=1S/C19H22N2O2S/c1-24(23)18-11-5-15(6-12-18)19(22)20-16-7-9-17(10-8-16)21-13-3-2-4-14-21/h5-12H,2-4,13-14H2,1H3,(H,20,22). The van der Waals surface area contributed by atoms with E-state index in [1.54, 1.807) is 30.5 Å². The summed E-state index contributed by atoms with van der Waals surface area (Å²) in [6.45, 7) is 2.22. The van der Waals surface area contributed by atoms with Crippen molar-refractivity contribution in [2.45, 2.75) is 24.2 Å². The van der Waals surface area contributed by atoms with Gasteiger partial charge in [-0.05, 0) is 67.8 Å². The molecule has 3 rings (SSSR count). The highest BCUT2D eigenvalue weighted by Gasteiger charge is 2.11. The third-order valence-electron chi connectivity index (χ3n) is 4.29. The minimum Gasteiger partial charge on any atom is -0.372 e. The highest BCUT2D eigenvalue weighted by Crippen LogP contribution is 2.22. The van der Waals surface area contributed by atoms with Crippen LogP contribution in [0.3, 0.4) is 0 Å². The van der Waals surface area contributed by atoms with Gasteiger partial charge in [-0.1, -0.05) is 0 Å². The van der Waals surface area contributed by atoms with Gasteiger partial charge in [0.05, 0.1) is 0 Å². The Labute approximate surface area is 145 Å². The van der Waals surface area contributed by atoms with Gasteiger partial charge in [0.2, 0.25) is 0 Å². The molecule has 4 nitrogen and oxygen atoms in total. The first kappa shape index (κ1) is 16.7. The van der Waals surface area contributed by atoms with Gasteiger partial charge in [0.25, 0.3) is 5.91 Å². The Morgan fingerprint density at radius 3 is 2.17 bits per heavy atom. The van der Waals surface area contributed by atoms with Crippen LogP contribution >= 0.6 is 0 Å². The molecule has 24 heavy (non-hydrogen) atoms. The maximum Gasteiger partial charge on any atom is 0.255 e. The maximum atomic E-state index is 12.3. The number of nitrogens with zero attached hydrogens (tertiary/aromatic N) is 1. The Kier molecular flexibility index (Phi) is 5.30. The number of hydrogen-bond acceptors (Lipinski definition) is 3. The van der Waals surface area contributed by atoms with Gasteiger partial charge in [0.1, 0.15) is 0 Å². The Bertz CT molecular complexity index is 720. The molecule has 1 unspecified atom stereocenters. The van der Waals surface area contributed by atoms with Crippen molar-refractivity contribution >= 4 is 28.1 Å². The number of carbonyl (C=O) groups is 1. The average Bonchev–Trinajstić information content (AvgIpc) is 2.63. The maximum absolute atomic E-state index is 12.3. The molecule has 0 radical (unpaired) electrons. The first-order valence-corrected chi connectivity index (χ1v) is 9.79. The lowest BCUT2D eigenvalue weighted by atomic mass is 10.1. The van der Waals surface area contributed by atoms with E-state index in [1.807, 2.05) is 12.1 Å². The fraction of sp³-hybridized carbons (Fsp3) is 0.316. The summed E-state index contributed by atoms with van der Waals surface area (Å²) in [5.74, 6) is -0.158. The van der Waals surface area contributed by atoms with Crippen LogP contribution in [-0.4, -0.2) is 29.5 Å². The van der Waals surface area contributed by atoms with Crippen LogP contribution in [-0.2, 0) is 10.8 Å². The summed E-state index contributed by atoms with van der Waals surface area (Å²) in [5, 5.41) is 2.90. The van der Waals surface area contributed by atoms with Crippen molar-refractivity contribution in [3.05, 3.63) is 54.1 Å². The molecule has 2 aromatic carbocycles. The van der Waals surface area contributed by atoms with Gasteiger partial charge < -0.3 is 10.2 Å². The molecule has 0 aliphatic carbocycles. The van der Waals surface area contributed by atoms with E-state index in [1.165, 1.54) is 24.9 Å². The third-order valence-corrected chi connectivity index (χ3v) is 5.23. The minimum absolute atomic E-state index is 0.158. The number of nitrogens with one attached hydrogen (secondary N) is 1. The SMILES string of the molecule is CS(=O)c1ccc(C(=O)Nc2ccc(N3CCCCC3)cc2)cc1. The monoisotopic (exact) mass is 342 g/mol. The molecular weight excluding hydrogens is 320 g/mol. The molecule has 0 saturated carbocycles. The van der Waals surface area contributed by atoms with Crippen molar-refractivity contribution in [1.29, 1.82) is 0 Å². The second kappa shape index (κ2) is 7.62. The van der Waals surface area contributed by atoms with Gasteiger partial charge in [-0.15, -0.1) is 0 Å². The van der Waals surface area contributed by atoms with E-state index in [-0.39, 0.29) is 5.91 Å². The molecule has 0 spiro atoms. The van der Waals surface area contributed by atoms with E-state index >= 15 is 0 Å². The number of amides is 1. The lowest BCUT2D eigenvalue weighted by Gasteiger charge is -2.28. The van der Waals surface area contributed by atoms with Crippen molar-refractivity contribution < 1.29 is 9.00 Å². The molecule has 1 fully saturated rings. The first-order valence-electron chi connectivity index (χ1n) is 8.23. The summed E-state index contributed by atoms with van der Waals surface area (Å²) in [7, 11) is -1.03. The number of rotatable bonds is 4. The van der Waals surface area contributed by atoms with E-state index in [0.717, 1.165) is 23.7 Å². The molecule has 1 aliphatic rings. The number of carbonyl (C=O) groups excluding carboxylic acids is 1. The first-order chi connectivity index (χ1) is 11.6. The van der Waals surface area contributed by atoms with Gasteiger partial charge in [-0.3, -0.25) is 9.00 Å². The zero-order valence-electron chi connectivity index (χ0n) is 13.8. The van der Waals surface area contributed by atoms with Crippen LogP contribution in [0, 0.1) is 0 Å². The lowest BCUT2D eigenvalue weighted by Crippen LogP contribution is -2.29. The average molecular weight is 342 g/mol. The van der Waals surface area contributed by atoms with E-state index in [4.69, 9.17) is 0 Å². The van der Waals surface area contributed by atoms with Gasteiger partial charge in [0, 0.05) is 52.0 Å². The largest absolute Gasteiger partial charge is 0.372 e. The van der Waals surface area contributed by atoms with Crippen molar-refractivity contribution in [3.8, 4) is 0 Å². The van der Waals surface area contributed by atoms with E-state index < -0.39 is 10.8 Å². The molecule has 1 heterocycles. The second-order valence-corrected chi connectivity index (χ2v) is 7.41. The van der Waals surface area contributed by atoms with Crippen LogP contribution in [0.25, 0.3) is 0 Å². The second-order valence-electron chi connectivity index (χ2n) is 6.03. The Morgan fingerprint density at radius 1 is 0.958 bits per heavy atom. The number of hydrogen-bond donors (Lipinski definition) is 1. The smallest absolute Gasteiger partial charge is 0.255 e. The van der Waals surface area contributed by atoms with Gasteiger partial charge in [-0.25, -0.2) is 0 Å². The van der Waals surface area contributed by atoms with Gasteiger partial charge in [0.15, 0.2) is 0 Å². The predicted molar refractivity (Wildman–Crippen MR) is 99.2 cm³/mol. The number of piperidine rings is 1. The van der Waals surface area contributed by atoms with Crippen molar-refractivity contribution in [2.24, 2.45) is 0 Å². The minimum atomic E-state index is -1.03. The summed E-state index contributed by atoms with van der Waals surface area (Å²) < 4.78 is 11.4. The zero-order chi connectivity index (χ0) is 16.9. The molecule has 0 aromatic heterocycles. The van der Waals surface area contributed by atoms with Crippen molar-refractivity contribution in [2.75, 3.05) is 29.6 Å². The molecule has 0 bridgehead atoms. The Morgan fingerprint density at radius 2 is 1.58 bits per heavy atom. The molecule has 1 aliphatic heterocycles. The van der Waals surface area contributed by atoms with Gasteiger partial charge >= 0.3 is 0 Å². The number of benzene rings is 2. The molecular formula is C19H22N2O2S. The summed E-state index contributed by atoms with van der Waals surface area (Å²) in [6.07, 6.45) is 5.43. The lowest BCUT2D eigenvalue weighted by molar-refractivity contribution is 0.102. The third kappa shape index (κ3) is 4.03. The predicted octanol–water partition coefficient (Wildman–Crippen LogP) is 3.67. The molecule has 2 aromatic rings. The van der Waals surface area contributed by atoms with Crippen molar-refractivity contribution in [1.82, 2.24) is 0 Å².